The summed E-state index contributed by atoms with van der Waals surface area (Å²) < 4.78 is 18.3. The molecule has 4 rings (SSSR count). The summed E-state index contributed by atoms with van der Waals surface area (Å²) in [5.41, 5.74) is 5.02. The van der Waals surface area contributed by atoms with E-state index < -0.39 is 12.2 Å². The van der Waals surface area contributed by atoms with Gasteiger partial charge < -0.3 is 24.6 Å². The highest BCUT2D eigenvalue weighted by molar-refractivity contribution is 5.90. The topological polar surface area (TPSA) is 130 Å². The highest BCUT2D eigenvalue weighted by Crippen LogP contribution is 2.38. The number of unbranched alkanes of at least 4 members (excludes halogenated alkanes) is 1. The van der Waals surface area contributed by atoms with Crippen LogP contribution in [0.3, 0.4) is 0 Å². The van der Waals surface area contributed by atoms with E-state index >= 15 is 0 Å². The molecule has 0 saturated carbocycles. The number of anilines is 1. The van der Waals surface area contributed by atoms with Crippen LogP contribution in [0.5, 0.6) is 0 Å². The molecule has 0 aromatic heterocycles. The number of nitrogens with one attached hydrogen (secondary N) is 2. The highest BCUT2D eigenvalue weighted by Gasteiger charge is 2.33. The number of amides is 2. The van der Waals surface area contributed by atoms with E-state index in [4.69, 9.17) is 19.4 Å². The monoisotopic (exact) mass is 527 g/mol. The van der Waals surface area contributed by atoms with E-state index in [1.54, 1.807) is 5.48 Å². The predicted molar refractivity (Wildman–Crippen MR) is 139 cm³/mol. The standard InChI is InChI=1S/C28H37N3O7/c32-19-20-5-7-21(8-6-20)25-17-24(18-31-13-15-36-16-14-31)37-28(38-25)22-9-11-23(12-10-22)29-26(33)3-1-2-4-27(34)30-35/h5-12,24-25,28,32,35H,1-4,13-19H2,(H,29,33)(H,30,34)/t24-,25+,28+/m0/s1. The maximum atomic E-state index is 12.3. The van der Waals surface area contributed by atoms with Gasteiger partial charge in [0.1, 0.15) is 0 Å². The van der Waals surface area contributed by atoms with Crippen LogP contribution in [0.1, 0.15) is 61.2 Å². The van der Waals surface area contributed by atoms with Crippen molar-refractivity contribution in [2.75, 3.05) is 38.2 Å². The van der Waals surface area contributed by atoms with Crippen LogP contribution in [0.15, 0.2) is 48.5 Å². The molecule has 2 aliphatic rings. The minimum Gasteiger partial charge on any atom is -0.392 e. The van der Waals surface area contributed by atoms with Gasteiger partial charge in [-0.2, -0.15) is 0 Å². The molecule has 0 aliphatic carbocycles. The summed E-state index contributed by atoms with van der Waals surface area (Å²) in [6, 6.07) is 15.3. The van der Waals surface area contributed by atoms with Gasteiger partial charge in [-0.3, -0.25) is 19.7 Å². The maximum Gasteiger partial charge on any atom is 0.243 e. The van der Waals surface area contributed by atoms with Crippen LogP contribution in [0, 0.1) is 0 Å². The van der Waals surface area contributed by atoms with Crippen LogP contribution in [0.4, 0.5) is 5.69 Å². The number of carbonyl (C=O) groups is 2. The molecule has 2 aromatic carbocycles. The summed E-state index contributed by atoms with van der Waals surface area (Å²) in [4.78, 5) is 25.7. The van der Waals surface area contributed by atoms with Gasteiger partial charge in [0.2, 0.25) is 11.8 Å². The van der Waals surface area contributed by atoms with Crippen molar-refractivity contribution in [2.24, 2.45) is 0 Å². The Hall–Kier alpha value is -2.86. The summed E-state index contributed by atoms with van der Waals surface area (Å²) in [6.45, 7) is 4.01. The Morgan fingerprint density at radius 2 is 1.55 bits per heavy atom. The molecule has 10 nitrogen and oxygen atoms in total. The fraction of sp³-hybridized carbons (Fsp3) is 0.500. The smallest absolute Gasteiger partial charge is 0.243 e. The number of hydrogen-bond acceptors (Lipinski definition) is 8. The third kappa shape index (κ3) is 8.32. The maximum absolute atomic E-state index is 12.3. The number of rotatable bonds is 11. The van der Waals surface area contributed by atoms with Gasteiger partial charge in [-0.25, -0.2) is 5.48 Å². The highest BCUT2D eigenvalue weighted by atomic mass is 16.7. The Balaban J connectivity index is 1.38. The second-order valence-electron chi connectivity index (χ2n) is 9.68. The van der Waals surface area contributed by atoms with Gasteiger partial charge in [-0.05, 0) is 36.1 Å². The van der Waals surface area contributed by atoms with E-state index in [1.165, 1.54) is 0 Å². The minimum absolute atomic E-state index is 0.000944. The van der Waals surface area contributed by atoms with Crippen molar-refractivity contribution in [3.05, 3.63) is 65.2 Å². The lowest BCUT2D eigenvalue weighted by Crippen LogP contribution is -2.44. The molecule has 2 aliphatic heterocycles. The number of hydrogen-bond donors (Lipinski definition) is 4. The van der Waals surface area contributed by atoms with Crippen molar-refractivity contribution in [3.8, 4) is 0 Å². The lowest BCUT2D eigenvalue weighted by molar-refractivity contribution is -0.253. The van der Waals surface area contributed by atoms with Gasteiger partial charge in [-0.15, -0.1) is 0 Å². The van der Waals surface area contributed by atoms with Gasteiger partial charge in [0.15, 0.2) is 6.29 Å². The van der Waals surface area contributed by atoms with Gasteiger partial charge >= 0.3 is 0 Å². The number of carbonyl (C=O) groups excluding carboxylic acids is 2. The Bertz CT molecular complexity index is 1030. The normalized spacial score (nSPS) is 22.1. The third-order valence-electron chi connectivity index (χ3n) is 6.83. The summed E-state index contributed by atoms with van der Waals surface area (Å²) in [5.74, 6) is -0.589. The molecule has 2 heterocycles. The van der Waals surface area contributed by atoms with Crippen molar-refractivity contribution >= 4 is 17.5 Å². The van der Waals surface area contributed by atoms with Crippen molar-refractivity contribution in [2.45, 2.75) is 57.2 Å². The second kappa shape index (κ2) is 14.3. The first-order valence-corrected chi connectivity index (χ1v) is 13.2. The second-order valence-corrected chi connectivity index (χ2v) is 9.68. The van der Waals surface area contributed by atoms with Crippen LogP contribution >= 0.6 is 0 Å². The van der Waals surface area contributed by atoms with Crippen molar-refractivity contribution < 1.29 is 34.1 Å². The third-order valence-corrected chi connectivity index (χ3v) is 6.83. The zero-order valence-corrected chi connectivity index (χ0v) is 21.5. The lowest BCUT2D eigenvalue weighted by atomic mass is 9.99. The summed E-state index contributed by atoms with van der Waals surface area (Å²) in [5, 5.41) is 20.8. The summed E-state index contributed by atoms with van der Waals surface area (Å²) >= 11 is 0. The number of hydroxylamine groups is 1. The fourth-order valence-corrected chi connectivity index (χ4v) is 4.68. The average Bonchev–Trinajstić information content (AvgIpc) is 2.96. The lowest BCUT2D eigenvalue weighted by Gasteiger charge is -2.39. The molecule has 38 heavy (non-hydrogen) atoms. The molecule has 10 heteroatoms. The molecule has 2 saturated heterocycles. The first kappa shape index (κ1) is 28.2. The van der Waals surface area contributed by atoms with Gasteiger partial charge in [-0.1, -0.05) is 36.4 Å². The van der Waals surface area contributed by atoms with Gasteiger partial charge in [0.05, 0.1) is 32.0 Å². The first-order chi connectivity index (χ1) is 18.5. The molecule has 0 spiro atoms. The number of morpholine rings is 1. The van der Waals surface area contributed by atoms with Crippen LogP contribution in [0.2, 0.25) is 0 Å². The van der Waals surface area contributed by atoms with E-state index in [2.05, 4.69) is 10.2 Å². The fourth-order valence-electron chi connectivity index (χ4n) is 4.68. The minimum atomic E-state index is -0.556. The molecule has 2 fully saturated rings. The molecule has 206 valence electrons. The van der Waals surface area contributed by atoms with E-state index in [-0.39, 0.29) is 37.6 Å². The molecule has 0 bridgehead atoms. The number of nitrogens with zero attached hydrogens (tertiary/aromatic N) is 1. The average molecular weight is 528 g/mol. The molecule has 2 aromatic rings. The van der Waals surface area contributed by atoms with Crippen LogP contribution in [-0.4, -0.2) is 66.0 Å². The number of benzene rings is 2. The molecular weight excluding hydrogens is 490 g/mol. The largest absolute Gasteiger partial charge is 0.392 e. The molecule has 0 unspecified atom stereocenters. The Morgan fingerprint density at radius 3 is 2.21 bits per heavy atom. The zero-order chi connectivity index (χ0) is 26.7. The molecule has 3 atom stereocenters. The molecule has 2 amide bonds. The quantitative estimate of drug-likeness (QED) is 0.199. The number of aliphatic hydroxyl groups excluding tert-OH is 1. The SMILES string of the molecule is O=C(CCCCC(=O)Nc1ccc([C@@H]2O[C@H](CN3CCOCC3)C[C@H](c3ccc(CO)cc3)O2)cc1)NO. The van der Waals surface area contributed by atoms with E-state index in [1.807, 2.05) is 48.5 Å². The molecule has 4 N–H and O–H groups in total. The zero-order valence-electron chi connectivity index (χ0n) is 21.5. The summed E-state index contributed by atoms with van der Waals surface area (Å²) in [6.07, 6.45) is 1.52. The summed E-state index contributed by atoms with van der Waals surface area (Å²) in [7, 11) is 0. The molecule has 0 radical (unpaired) electrons. The first-order valence-electron chi connectivity index (χ1n) is 13.2. The van der Waals surface area contributed by atoms with Crippen molar-refractivity contribution in [3.63, 3.8) is 0 Å². The van der Waals surface area contributed by atoms with Gasteiger partial charge in [0, 0.05) is 50.1 Å². The van der Waals surface area contributed by atoms with E-state index in [9.17, 15) is 14.7 Å². The number of aliphatic hydroxyl groups is 1. The van der Waals surface area contributed by atoms with Crippen molar-refractivity contribution in [1.82, 2.24) is 10.4 Å². The van der Waals surface area contributed by atoms with E-state index in [0.717, 1.165) is 56.0 Å². The number of ether oxygens (including phenoxy) is 3. The Labute approximate surface area is 222 Å². The van der Waals surface area contributed by atoms with Crippen LogP contribution in [-0.2, 0) is 30.4 Å². The van der Waals surface area contributed by atoms with Crippen LogP contribution < -0.4 is 10.8 Å². The van der Waals surface area contributed by atoms with E-state index in [0.29, 0.717) is 18.5 Å². The molecular formula is C28H37N3O7. The predicted octanol–water partition coefficient (Wildman–Crippen LogP) is 3.06. The van der Waals surface area contributed by atoms with Crippen molar-refractivity contribution in [1.29, 1.82) is 0 Å². The van der Waals surface area contributed by atoms with Crippen LogP contribution in [0.25, 0.3) is 0 Å². The Morgan fingerprint density at radius 1 is 0.895 bits per heavy atom. The van der Waals surface area contributed by atoms with Gasteiger partial charge in [0.25, 0.3) is 0 Å². The Kier molecular flexibility index (Phi) is 10.6.